The van der Waals surface area contributed by atoms with Crippen LogP contribution in [-0.2, 0) is 8.87 Å². The van der Waals surface area contributed by atoms with Gasteiger partial charge in [-0.25, -0.2) is 8.42 Å². The van der Waals surface area contributed by atoms with Crippen molar-refractivity contribution in [3.63, 3.8) is 0 Å². The molecular formula is C2Cl3F3O2S2. The average Bonchev–Trinajstić information content (AvgIpc) is 1.52. The lowest BCUT2D eigenvalue weighted by Gasteiger charge is -2.11. The smallest absolute Gasteiger partial charge is 0.208 e. The Balaban J connectivity index is 4.70. The van der Waals surface area contributed by atoms with Crippen molar-refractivity contribution in [3.05, 3.63) is 0 Å². The summed E-state index contributed by atoms with van der Waals surface area (Å²) in [7, 11) is -6.23. The van der Waals surface area contributed by atoms with E-state index in [4.69, 9.17) is 34.8 Å². The molecule has 10 heteroatoms. The first-order chi connectivity index (χ1) is 4.96. The molecule has 0 aromatic heterocycles. The molecule has 0 rings (SSSR count). The molecule has 0 aromatic rings. The van der Waals surface area contributed by atoms with Gasteiger partial charge in [0.25, 0.3) is 3.12 Å². The maximum absolute atomic E-state index is 11.6. The van der Waals surface area contributed by atoms with Crippen LogP contribution in [0, 0.1) is 0 Å². The Morgan fingerprint density at radius 3 is 1.50 bits per heavy atom. The summed E-state index contributed by atoms with van der Waals surface area (Å²) in [5.74, 6) is 0. The lowest BCUT2D eigenvalue weighted by molar-refractivity contribution is -0.0410. The fourth-order valence-electron chi connectivity index (χ4n) is 0.172. The van der Waals surface area contributed by atoms with Crippen molar-refractivity contribution in [1.29, 1.82) is 0 Å². The van der Waals surface area contributed by atoms with Crippen LogP contribution in [0.4, 0.5) is 13.2 Å². The van der Waals surface area contributed by atoms with Gasteiger partial charge in [0, 0.05) is 10.8 Å². The van der Waals surface area contributed by atoms with Crippen molar-refractivity contribution in [2.75, 3.05) is 0 Å². The van der Waals surface area contributed by atoms with Gasteiger partial charge in [-0.15, -0.1) is 0 Å². The molecule has 2 nitrogen and oxygen atoms in total. The average molecular weight is 284 g/mol. The van der Waals surface area contributed by atoms with Crippen LogP contribution >= 0.6 is 45.6 Å². The van der Waals surface area contributed by atoms with Gasteiger partial charge in [0.2, 0.25) is 0 Å². The van der Waals surface area contributed by atoms with Crippen LogP contribution in [0.3, 0.4) is 0 Å². The van der Waals surface area contributed by atoms with Crippen LogP contribution in [0.1, 0.15) is 0 Å². The second-order valence-electron chi connectivity index (χ2n) is 1.43. The monoisotopic (exact) mass is 282 g/mol. The molecule has 0 fully saturated rings. The Morgan fingerprint density at radius 1 is 1.08 bits per heavy atom. The minimum Gasteiger partial charge on any atom is -0.208 e. The van der Waals surface area contributed by atoms with E-state index in [1.54, 1.807) is 0 Å². The third-order valence-corrected chi connectivity index (χ3v) is 4.96. The summed E-state index contributed by atoms with van der Waals surface area (Å²) in [6.07, 6.45) is 0. The SMILES string of the molecule is O=S(=O)(SC(Cl)(Cl)Cl)C(F)(F)F. The molecule has 12 heavy (non-hydrogen) atoms. The molecule has 74 valence electrons. The van der Waals surface area contributed by atoms with Gasteiger partial charge in [0.05, 0.1) is 0 Å². The van der Waals surface area contributed by atoms with Crippen molar-refractivity contribution in [2.45, 2.75) is 8.63 Å². The maximum atomic E-state index is 11.6. The molecule has 0 aliphatic heterocycles. The number of hydrogen-bond donors (Lipinski definition) is 0. The summed E-state index contributed by atoms with van der Waals surface area (Å²) >= 11 is 14.5. The largest absolute Gasteiger partial charge is 0.507 e. The second-order valence-corrected chi connectivity index (χ2v) is 8.35. The summed E-state index contributed by atoms with van der Waals surface area (Å²) in [6, 6.07) is 0. The number of halogens is 6. The molecule has 0 aliphatic carbocycles. The molecular weight excluding hydrogens is 284 g/mol. The van der Waals surface area contributed by atoms with E-state index in [1.165, 1.54) is 0 Å². The zero-order chi connectivity index (χ0) is 10.2. The van der Waals surface area contributed by atoms with Gasteiger partial charge in [-0.2, -0.15) is 13.2 Å². The van der Waals surface area contributed by atoms with E-state index in [9.17, 15) is 21.6 Å². The van der Waals surface area contributed by atoms with Crippen LogP contribution in [0.5, 0.6) is 0 Å². The quantitative estimate of drug-likeness (QED) is 0.548. The summed E-state index contributed by atoms with van der Waals surface area (Å²) in [6.45, 7) is 0. The van der Waals surface area contributed by atoms with Gasteiger partial charge in [0.15, 0.2) is 0 Å². The van der Waals surface area contributed by atoms with Crippen LogP contribution in [-0.4, -0.2) is 17.1 Å². The normalized spacial score (nSPS) is 14.8. The zero-order valence-corrected chi connectivity index (χ0v) is 8.80. The van der Waals surface area contributed by atoms with Gasteiger partial charge in [0.1, 0.15) is 0 Å². The molecule has 0 spiro atoms. The van der Waals surface area contributed by atoms with E-state index in [0.29, 0.717) is 0 Å². The third-order valence-electron chi connectivity index (χ3n) is 0.488. The van der Waals surface area contributed by atoms with Crippen molar-refractivity contribution in [2.24, 2.45) is 0 Å². The van der Waals surface area contributed by atoms with Crippen LogP contribution in [0.15, 0.2) is 0 Å². The van der Waals surface area contributed by atoms with E-state index in [2.05, 4.69) is 0 Å². The highest BCUT2D eigenvalue weighted by Gasteiger charge is 2.50. The first-order valence-corrected chi connectivity index (χ1v) is 5.99. The Labute approximate surface area is 84.7 Å². The van der Waals surface area contributed by atoms with Crippen molar-refractivity contribution < 1.29 is 21.6 Å². The molecule has 0 amide bonds. The van der Waals surface area contributed by atoms with E-state index in [0.717, 1.165) is 0 Å². The van der Waals surface area contributed by atoms with Crippen LogP contribution in [0.25, 0.3) is 0 Å². The van der Waals surface area contributed by atoms with Crippen LogP contribution in [0.2, 0.25) is 0 Å². The highest BCUT2D eigenvalue weighted by molar-refractivity contribution is 8.73. The number of hydrogen-bond acceptors (Lipinski definition) is 3. The first-order valence-electron chi connectivity index (χ1n) is 2.04. The Hall–Kier alpha value is 0.960. The number of alkyl halides is 6. The standard InChI is InChI=1S/C2Cl3F3O2S2/c3-1(4,5)11-12(9,10)2(6,7)8. The fourth-order valence-corrected chi connectivity index (χ4v) is 3.78. The molecule has 0 saturated carbocycles. The first kappa shape index (κ1) is 13.0. The maximum Gasteiger partial charge on any atom is 0.507 e. The van der Waals surface area contributed by atoms with Crippen molar-refractivity contribution in [3.8, 4) is 0 Å². The molecule has 0 bridgehead atoms. The molecule has 0 unspecified atom stereocenters. The number of rotatable bonds is 1. The summed E-state index contributed by atoms with van der Waals surface area (Å²) < 4.78 is 52.7. The van der Waals surface area contributed by atoms with Gasteiger partial charge < -0.3 is 0 Å². The van der Waals surface area contributed by atoms with Crippen molar-refractivity contribution in [1.82, 2.24) is 0 Å². The van der Waals surface area contributed by atoms with E-state index in [-0.39, 0.29) is 0 Å². The van der Waals surface area contributed by atoms with Crippen LogP contribution < -0.4 is 0 Å². The second kappa shape index (κ2) is 3.61. The molecule has 0 heterocycles. The topological polar surface area (TPSA) is 34.1 Å². The Bertz CT molecular complexity index is 252. The summed E-state index contributed by atoms with van der Waals surface area (Å²) in [5, 5.41) is 0. The molecule has 0 saturated heterocycles. The van der Waals surface area contributed by atoms with Crippen molar-refractivity contribution >= 4 is 54.5 Å². The van der Waals surface area contributed by atoms with Gasteiger partial charge in [-0.05, 0) is 0 Å². The fraction of sp³-hybridized carbons (Fsp3) is 1.00. The van der Waals surface area contributed by atoms with E-state index in [1.807, 2.05) is 0 Å². The molecule has 0 radical (unpaired) electrons. The molecule has 0 aromatic carbocycles. The van der Waals surface area contributed by atoms with E-state index < -0.39 is 28.3 Å². The Kier molecular flexibility index (Phi) is 3.89. The highest BCUT2D eigenvalue weighted by atomic mass is 35.6. The predicted octanol–water partition coefficient (Wildman–Crippen LogP) is 2.90. The summed E-state index contributed by atoms with van der Waals surface area (Å²) in [5.41, 5.74) is -5.42. The zero-order valence-electron chi connectivity index (χ0n) is 4.90. The lowest BCUT2D eigenvalue weighted by atomic mass is 11.6. The van der Waals surface area contributed by atoms with Gasteiger partial charge >= 0.3 is 14.4 Å². The van der Waals surface area contributed by atoms with E-state index >= 15 is 0 Å². The summed E-state index contributed by atoms with van der Waals surface area (Å²) in [4.78, 5) is 0. The van der Waals surface area contributed by atoms with Gasteiger partial charge in [-0.1, -0.05) is 34.8 Å². The molecule has 0 aliphatic rings. The lowest BCUT2D eigenvalue weighted by Crippen LogP contribution is -2.22. The van der Waals surface area contributed by atoms with Gasteiger partial charge in [-0.3, -0.25) is 0 Å². The minimum atomic E-state index is -5.43. The highest BCUT2D eigenvalue weighted by Crippen LogP contribution is 2.47. The molecule has 0 atom stereocenters. The minimum absolute atomic E-state index is 0.791. The molecule has 0 N–H and O–H groups in total. The predicted molar refractivity (Wildman–Crippen MR) is 42.9 cm³/mol. The third kappa shape index (κ3) is 4.27. The Morgan fingerprint density at radius 2 is 1.42 bits per heavy atom.